The number of rotatable bonds is 5. The number of amides is 1. The maximum absolute atomic E-state index is 12.7. The summed E-state index contributed by atoms with van der Waals surface area (Å²) < 4.78 is 4.01. The van der Waals surface area contributed by atoms with Gasteiger partial charge in [-0.15, -0.1) is 11.3 Å². The first-order valence-corrected chi connectivity index (χ1v) is 9.76. The van der Waals surface area contributed by atoms with E-state index in [0.717, 1.165) is 22.2 Å². The van der Waals surface area contributed by atoms with Gasteiger partial charge in [0.1, 0.15) is 18.4 Å². The van der Waals surface area contributed by atoms with E-state index in [4.69, 9.17) is 11.6 Å². The van der Waals surface area contributed by atoms with Crippen LogP contribution in [0.5, 0.6) is 0 Å². The van der Waals surface area contributed by atoms with Crippen LogP contribution in [0.3, 0.4) is 0 Å². The smallest absolute Gasteiger partial charge is 0.291 e. The van der Waals surface area contributed by atoms with E-state index in [9.17, 15) is 9.59 Å². The van der Waals surface area contributed by atoms with Crippen LogP contribution in [0.4, 0.5) is 0 Å². The zero-order valence-electron chi connectivity index (χ0n) is 14.6. The molecule has 0 radical (unpaired) electrons. The van der Waals surface area contributed by atoms with Gasteiger partial charge in [-0.25, -0.2) is 4.68 Å². The van der Waals surface area contributed by atoms with Crippen molar-refractivity contribution < 1.29 is 4.79 Å². The van der Waals surface area contributed by atoms with Crippen molar-refractivity contribution in [2.75, 3.05) is 0 Å². The molecule has 0 bridgehead atoms. The van der Waals surface area contributed by atoms with E-state index < -0.39 is 0 Å². The number of halogens is 1. The molecule has 138 valence electrons. The van der Waals surface area contributed by atoms with Crippen molar-refractivity contribution >= 4 is 44.6 Å². The van der Waals surface area contributed by atoms with Crippen molar-refractivity contribution in [2.45, 2.75) is 26.4 Å². The molecular formula is C19H17ClN4O2S. The Balaban J connectivity index is 1.55. The number of nitrogens with zero attached hydrogens (tertiary/aromatic N) is 3. The van der Waals surface area contributed by atoms with Crippen molar-refractivity contribution in [2.24, 2.45) is 0 Å². The third-order valence-corrected chi connectivity index (χ3v) is 6.00. The maximum atomic E-state index is 12.7. The lowest BCUT2D eigenvalue weighted by molar-refractivity contribution is -0.122. The monoisotopic (exact) mass is 400 g/mol. The topological polar surface area (TPSA) is 68.4 Å². The molecule has 27 heavy (non-hydrogen) atoms. The number of nitrogens with one attached hydrogen (secondary N) is 1. The van der Waals surface area contributed by atoms with Crippen LogP contribution in [0.1, 0.15) is 17.4 Å². The van der Waals surface area contributed by atoms with Gasteiger partial charge in [0.15, 0.2) is 0 Å². The second-order valence-electron chi connectivity index (χ2n) is 6.18. The number of thiophene rings is 1. The second kappa shape index (κ2) is 7.17. The summed E-state index contributed by atoms with van der Waals surface area (Å²) in [4.78, 5) is 26.2. The van der Waals surface area contributed by atoms with Gasteiger partial charge in [0, 0.05) is 16.4 Å². The Morgan fingerprint density at radius 3 is 2.85 bits per heavy atom. The minimum absolute atomic E-state index is 0.140. The SMILES string of the molecule is CCc1cc2c(cc3c(=O)n(CC(=O)NCc4ccccc4Cl)ncn32)s1. The third kappa shape index (κ3) is 3.36. The summed E-state index contributed by atoms with van der Waals surface area (Å²) >= 11 is 7.76. The largest absolute Gasteiger partial charge is 0.350 e. The average molecular weight is 401 g/mol. The van der Waals surface area contributed by atoms with Gasteiger partial charge in [-0.3, -0.25) is 14.0 Å². The van der Waals surface area contributed by atoms with Gasteiger partial charge in [0.2, 0.25) is 5.91 Å². The lowest BCUT2D eigenvalue weighted by Gasteiger charge is -2.08. The molecule has 6 nitrogen and oxygen atoms in total. The number of aryl methyl sites for hydroxylation is 1. The van der Waals surface area contributed by atoms with Crippen LogP contribution in [0, 0.1) is 0 Å². The molecule has 0 unspecified atom stereocenters. The third-order valence-electron chi connectivity index (χ3n) is 4.41. The molecule has 4 aromatic rings. The van der Waals surface area contributed by atoms with Gasteiger partial charge in [-0.2, -0.15) is 5.10 Å². The van der Waals surface area contributed by atoms with Crippen molar-refractivity contribution in [1.82, 2.24) is 19.5 Å². The van der Waals surface area contributed by atoms with E-state index in [0.29, 0.717) is 17.1 Å². The molecule has 1 N–H and O–H groups in total. The first-order valence-electron chi connectivity index (χ1n) is 8.56. The zero-order valence-corrected chi connectivity index (χ0v) is 16.2. The summed E-state index contributed by atoms with van der Waals surface area (Å²) in [5.74, 6) is -0.296. The highest BCUT2D eigenvalue weighted by Gasteiger charge is 2.13. The fourth-order valence-electron chi connectivity index (χ4n) is 2.96. The highest BCUT2D eigenvalue weighted by Crippen LogP contribution is 2.28. The van der Waals surface area contributed by atoms with E-state index in [-0.39, 0.29) is 18.0 Å². The number of aromatic nitrogens is 3. The Morgan fingerprint density at radius 2 is 2.07 bits per heavy atom. The molecule has 0 aliphatic carbocycles. The summed E-state index contributed by atoms with van der Waals surface area (Å²) in [5.41, 5.74) is 2.04. The fraction of sp³-hybridized carbons (Fsp3) is 0.211. The number of hydrogen-bond acceptors (Lipinski definition) is 4. The summed E-state index contributed by atoms with van der Waals surface area (Å²) in [6.45, 7) is 2.26. The number of carbonyl (C=O) groups is 1. The molecule has 3 aromatic heterocycles. The summed E-state index contributed by atoms with van der Waals surface area (Å²) in [7, 11) is 0. The molecule has 3 heterocycles. The maximum Gasteiger partial charge on any atom is 0.291 e. The molecule has 0 aliphatic rings. The number of carbonyl (C=O) groups excluding carboxylic acids is 1. The van der Waals surface area contributed by atoms with Crippen LogP contribution < -0.4 is 10.9 Å². The van der Waals surface area contributed by atoms with E-state index in [1.54, 1.807) is 28.1 Å². The van der Waals surface area contributed by atoms with E-state index >= 15 is 0 Å². The fourth-order valence-corrected chi connectivity index (χ4v) is 4.20. The normalized spacial score (nSPS) is 11.3. The molecule has 8 heteroatoms. The molecule has 0 atom stereocenters. The summed E-state index contributed by atoms with van der Waals surface area (Å²) in [6.07, 6.45) is 2.55. The Kier molecular flexibility index (Phi) is 4.72. The molecule has 4 rings (SSSR count). The van der Waals surface area contributed by atoms with Gasteiger partial charge in [-0.1, -0.05) is 36.7 Å². The Bertz CT molecular complexity index is 1210. The minimum Gasteiger partial charge on any atom is -0.350 e. The van der Waals surface area contributed by atoms with Crippen molar-refractivity contribution in [3.05, 3.63) is 68.5 Å². The quantitative estimate of drug-likeness (QED) is 0.559. The van der Waals surface area contributed by atoms with E-state index in [2.05, 4.69) is 23.4 Å². The van der Waals surface area contributed by atoms with Crippen LogP contribution in [-0.4, -0.2) is 20.1 Å². The van der Waals surface area contributed by atoms with Gasteiger partial charge in [-0.05, 0) is 30.2 Å². The first kappa shape index (κ1) is 17.8. The van der Waals surface area contributed by atoms with Crippen LogP contribution >= 0.6 is 22.9 Å². The molecule has 0 spiro atoms. The lowest BCUT2D eigenvalue weighted by Crippen LogP contribution is -2.34. The Morgan fingerprint density at radius 1 is 1.26 bits per heavy atom. The Labute approximate surface area is 164 Å². The van der Waals surface area contributed by atoms with Crippen LogP contribution in [0.2, 0.25) is 5.02 Å². The van der Waals surface area contributed by atoms with Gasteiger partial charge < -0.3 is 5.32 Å². The molecule has 1 aromatic carbocycles. The lowest BCUT2D eigenvalue weighted by atomic mass is 10.2. The molecule has 0 fully saturated rings. The van der Waals surface area contributed by atoms with Crippen molar-refractivity contribution in [3.8, 4) is 0 Å². The number of fused-ring (bicyclic) bond motifs is 3. The van der Waals surface area contributed by atoms with Gasteiger partial charge in [0.25, 0.3) is 5.56 Å². The molecule has 0 saturated carbocycles. The van der Waals surface area contributed by atoms with Gasteiger partial charge >= 0.3 is 0 Å². The van der Waals surface area contributed by atoms with E-state index in [1.165, 1.54) is 9.56 Å². The molecule has 0 saturated heterocycles. The first-order chi connectivity index (χ1) is 13.1. The molecular weight excluding hydrogens is 384 g/mol. The van der Waals surface area contributed by atoms with Gasteiger partial charge in [0.05, 0.1) is 10.2 Å². The molecule has 1 amide bonds. The van der Waals surface area contributed by atoms with Crippen LogP contribution in [0.25, 0.3) is 15.7 Å². The van der Waals surface area contributed by atoms with Crippen LogP contribution in [-0.2, 0) is 24.3 Å². The number of benzene rings is 1. The highest BCUT2D eigenvalue weighted by molar-refractivity contribution is 7.19. The summed E-state index contributed by atoms with van der Waals surface area (Å²) in [5, 5.41) is 7.53. The van der Waals surface area contributed by atoms with Crippen LogP contribution in [0.15, 0.2) is 47.5 Å². The molecule has 0 aliphatic heterocycles. The zero-order chi connectivity index (χ0) is 19.0. The standard InChI is InChI=1S/C19H17ClN4O2S/c1-2-13-7-15-17(27-13)8-16-19(26)24(22-11-23(15)16)10-18(25)21-9-12-5-3-4-6-14(12)20/h3-8,11H,2,9-10H2,1H3,(H,21,25). The Hall–Kier alpha value is -2.64. The predicted molar refractivity (Wildman–Crippen MR) is 108 cm³/mol. The summed E-state index contributed by atoms with van der Waals surface area (Å²) in [6, 6.07) is 11.2. The average Bonchev–Trinajstić information content (AvgIpc) is 3.21. The van der Waals surface area contributed by atoms with Crippen molar-refractivity contribution in [3.63, 3.8) is 0 Å². The predicted octanol–water partition coefficient (Wildman–Crippen LogP) is 3.24. The second-order valence-corrected chi connectivity index (χ2v) is 7.75. The van der Waals surface area contributed by atoms with E-state index in [1.807, 2.05) is 24.3 Å². The number of hydrogen-bond donors (Lipinski definition) is 1. The van der Waals surface area contributed by atoms with Crippen molar-refractivity contribution in [1.29, 1.82) is 0 Å². The highest BCUT2D eigenvalue weighted by atomic mass is 35.5. The minimum atomic E-state index is -0.296.